The first-order valence-corrected chi connectivity index (χ1v) is 6.59. The highest BCUT2D eigenvalue weighted by Gasteiger charge is 2.16. The topological polar surface area (TPSA) is 49.3 Å². The lowest BCUT2D eigenvalue weighted by Crippen LogP contribution is -2.38. The van der Waals surface area contributed by atoms with Gasteiger partial charge in [0.2, 0.25) is 0 Å². The molecule has 0 saturated carbocycles. The van der Waals surface area contributed by atoms with Gasteiger partial charge >= 0.3 is 0 Å². The van der Waals surface area contributed by atoms with E-state index in [-0.39, 0.29) is 18.6 Å². The molecule has 1 aromatic rings. The summed E-state index contributed by atoms with van der Waals surface area (Å²) >= 11 is 0. The van der Waals surface area contributed by atoms with Gasteiger partial charge in [0, 0.05) is 11.6 Å². The molecule has 0 fully saturated rings. The Kier molecular flexibility index (Phi) is 6.11. The van der Waals surface area contributed by atoms with E-state index in [4.69, 9.17) is 5.11 Å². The minimum absolute atomic E-state index is 0.108. The van der Waals surface area contributed by atoms with Crippen molar-refractivity contribution < 1.29 is 9.90 Å². The summed E-state index contributed by atoms with van der Waals surface area (Å²) in [6.45, 7) is 6.03. The van der Waals surface area contributed by atoms with Gasteiger partial charge in [0.25, 0.3) is 5.91 Å². The average molecular weight is 259 g/mol. The van der Waals surface area contributed by atoms with Crippen LogP contribution in [-0.4, -0.2) is 23.7 Å². The Balaban J connectivity index is 2.93. The Morgan fingerprint density at radius 2 is 2.05 bits per heavy atom. The van der Waals surface area contributed by atoms with Gasteiger partial charge in [-0.3, -0.25) is 4.79 Å². The molecule has 102 valence electrons. The summed E-state index contributed by atoms with van der Waals surface area (Å²) in [6.07, 6.45) is 0.897. The Bertz CT molecular complexity index is 483. The third kappa shape index (κ3) is 4.42. The molecule has 0 heterocycles. The largest absolute Gasteiger partial charge is 0.384 e. The fourth-order valence-corrected chi connectivity index (χ4v) is 1.91. The van der Waals surface area contributed by atoms with Crippen LogP contribution in [0.15, 0.2) is 24.3 Å². The summed E-state index contributed by atoms with van der Waals surface area (Å²) in [5.41, 5.74) is 1.20. The molecule has 1 rings (SSSR count). The smallest absolute Gasteiger partial charge is 0.252 e. The number of hydrogen-bond acceptors (Lipinski definition) is 2. The van der Waals surface area contributed by atoms with E-state index >= 15 is 0 Å². The van der Waals surface area contributed by atoms with Crippen LogP contribution in [0.4, 0.5) is 0 Å². The molecule has 0 aliphatic heterocycles. The number of rotatable bonds is 4. The third-order valence-electron chi connectivity index (χ3n) is 3.03. The van der Waals surface area contributed by atoms with E-state index in [1.54, 1.807) is 12.1 Å². The summed E-state index contributed by atoms with van der Waals surface area (Å²) < 4.78 is 0. The molecular weight excluding hydrogens is 238 g/mol. The molecule has 1 amide bonds. The van der Waals surface area contributed by atoms with Crippen molar-refractivity contribution in [3.63, 3.8) is 0 Å². The maximum absolute atomic E-state index is 12.3. The summed E-state index contributed by atoms with van der Waals surface area (Å²) in [5, 5.41) is 11.8. The number of aliphatic hydroxyl groups excluding tert-OH is 1. The SMILES string of the molecule is CCC(NC(=O)c1ccccc1C#CCO)C(C)C. The van der Waals surface area contributed by atoms with Crippen LogP contribution in [0.1, 0.15) is 43.1 Å². The van der Waals surface area contributed by atoms with E-state index in [1.165, 1.54) is 0 Å². The first-order valence-electron chi connectivity index (χ1n) is 6.59. The molecule has 19 heavy (non-hydrogen) atoms. The van der Waals surface area contributed by atoms with Gasteiger partial charge in [-0.25, -0.2) is 0 Å². The van der Waals surface area contributed by atoms with Gasteiger partial charge in [-0.1, -0.05) is 44.7 Å². The molecule has 0 spiro atoms. The molecule has 2 N–H and O–H groups in total. The number of amides is 1. The number of carbonyl (C=O) groups is 1. The molecule has 0 bridgehead atoms. The Morgan fingerprint density at radius 1 is 1.37 bits per heavy atom. The quantitative estimate of drug-likeness (QED) is 0.814. The normalized spacial score (nSPS) is 11.6. The fraction of sp³-hybridized carbons (Fsp3) is 0.438. The van der Waals surface area contributed by atoms with Crippen LogP contribution < -0.4 is 5.32 Å². The van der Waals surface area contributed by atoms with Crippen molar-refractivity contribution >= 4 is 5.91 Å². The molecule has 0 aliphatic carbocycles. The second-order valence-electron chi connectivity index (χ2n) is 4.74. The highest BCUT2D eigenvalue weighted by Crippen LogP contribution is 2.11. The van der Waals surface area contributed by atoms with Crippen molar-refractivity contribution in [1.82, 2.24) is 5.32 Å². The van der Waals surface area contributed by atoms with Crippen molar-refractivity contribution in [3.05, 3.63) is 35.4 Å². The highest BCUT2D eigenvalue weighted by atomic mass is 16.2. The maximum atomic E-state index is 12.3. The van der Waals surface area contributed by atoms with Gasteiger partial charge < -0.3 is 10.4 Å². The van der Waals surface area contributed by atoms with Crippen molar-refractivity contribution in [2.45, 2.75) is 33.2 Å². The fourth-order valence-electron chi connectivity index (χ4n) is 1.91. The molecule has 0 aliphatic rings. The molecule has 1 unspecified atom stereocenters. The van der Waals surface area contributed by atoms with Gasteiger partial charge in [-0.2, -0.15) is 0 Å². The lowest BCUT2D eigenvalue weighted by molar-refractivity contribution is 0.0924. The van der Waals surface area contributed by atoms with Crippen molar-refractivity contribution in [3.8, 4) is 11.8 Å². The predicted octanol–water partition coefficient (Wildman–Crippen LogP) is 2.19. The number of benzene rings is 1. The second-order valence-corrected chi connectivity index (χ2v) is 4.74. The van der Waals surface area contributed by atoms with Crippen molar-refractivity contribution in [2.24, 2.45) is 5.92 Å². The molecule has 0 radical (unpaired) electrons. The van der Waals surface area contributed by atoms with Crippen molar-refractivity contribution in [2.75, 3.05) is 6.61 Å². The molecule has 3 nitrogen and oxygen atoms in total. The Labute approximate surface area is 115 Å². The number of hydrogen-bond donors (Lipinski definition) is 2. The Hall–Kier alpha value is -1.79. The molecule has 1 aromatic carbocycles. The minimum Gasteiger partial charge on any atom is -0.384 e. The van der Waals surface area contributed by atoms with Gasteiger partial charge in [0.15, 0.2) is 0 Å². The van der Waals surface area contributed by atoms with Crippen LogP contribution in [0, 0.1) is 17.8 Å². The zero-order chi connectivity index (χ0) is 14.3. The van der Waals surface area contributed by atoms with Crippen LogP contribution in [0.3, 0.4) is 0 Å². The van der Waals surface area contributed by atoms with Crippen LogP contribution in [0.25, 0.3) is 0 Å². The molecular formula is C16H21NO2. The number of nitrogens with one attached hydrogen (secondary N) is 1. The summed E-state index contributed by atoms with van der Waals surface area (Å²) in [7, 11) is 0. The lowest BCUT2D eigenvalue weighted by atomic mass is 10.0. The van der Waals surface area contributed by atoms with Crippen LogP contribution >= 0.6 is 0 Å². The van der Waals surface area contributed by atoms with E-state index in [0.717, 1.165) is 6.42 Å². The number of carbonyl (C=O) groups excluding carboxylic acids is 1. The highest BCUT2D eigenvalue weighted by molar-refractivity contribution is 5.96. The lowest BCUT2D eigenvalue weighted by Gasteiger charge is -2.21. The number of aliphatic hydroxyl groups is 1. The molecule has 3 heteroatoms. The third-order valence-corrected chi connectivity index (χ3v) is 3.03. The van der Waals surface area contributed by atoms with Gasteiger partial charge in [-0.05, 0) is 24.5 Å². The van der Waals surface area contributed by atoms with Crippen molar-refractivity contribution in [1.29, 1.82) is 0 Å². The van der Waals surface area contributed by atoms with Crippen LogP contribution in [-0.2, 0) is 0 Å². The zero-order valence-electron chi connectivity index (χ0n) is 11.7. The van der Waals surface area contributed by atoms with E-state index < -0.39 is 0 Å². The van der Waals surface area contributed by atoms with Gasteiger partial charge in [-0.15, -0.1) is 0 Å². The maximum Gasteiger partial charge on any atom is 0.252 e. The van der Waals surface area contributed by atoms with Gasteiger partial charge in [0.05, 0.1) is 5.56 Å². The molecule has 0 aromatic heterocycles. The molecule has 0 saturated heterocycles. The first kappa shape index (κ1) is 15.3. The Morgan fingerprint density at radius 3 is 2.63 bits per heavy atom. The van der Waals surface area contributed by atoms with Crippen LogP contribution in [0.5, 0.6) is 0 Å². The standard InChI is InChI=1S/C16H21NO2/c1-4-15(12(2)3)17-16(19)14-10-6-5-8-13(14)9-7-11-18/h5-6,8,10,12,15,18H,4,11H2,1-3H3,(H,17,19). The first-order chi connectivity index (χ1) is 9.10. The van der Waals surface area contributed by atoms with E-state index in [9.17, 15) is 4.79 Å². The van der Waals surface area contributed by atoms with Gasteiger partial charge in [0.1, 0.15) is 6.61 Å². The average Bonchev–Trinajstić information content (AvgIpc) is 2.42. The minimum atomic E-state index is -0.209. The summed E-state index contributed by atoms with van der Waals surface area (Å²) in [5.74, 6) is 5.66. The summed E-state index contributed by atoms with van der Waals surface area (Å²) in [6, 6.07) is 7.34. The van der Waals surface area contributed by atoms with E-state index in [0.29, 0.717) is 17.0 Å². The monoisotopic (exact) mass is 259 g/mol. The second kappa shape index (κ2) is 7.60. The zero-order valence-corrected chi connectivity index (χ0v) is 11.7. The summed E-state index contributed by atoms with van der Waals surface area (Å²) in [4.78, 5) is 12.3. The van der Waals surface area contributed by atoms with E-state index in [2.05, 4.69) is 37.9 Å². The van der Waals surface area contributed by atoms with E-state index in [1.807, 2.05) is 12.1 Å². The predicted molar refractivity (Wildman–Crippen MR) is 76.8 cm³/mol. The molecule has 1 atom stereocenters. The van der Waals surface area contributed by atoms with Crippen LogP contribution in [0.2, 0.25) is 0 Å².